The highest BCUT2D eigenvalue weighted by Crippen LogP contribution is 2.17. The van der Waals surface area contributed by atoms with Gasteiger partial charge in [-0.05, 0) is 37.7 Å². The van der Waals surface area contributed by atoms with Gasteiger partial charge in [0.2, 0.25) is 0 Å². The summed E-state index contributed by atoms with van der Waals surface area (Å²) in [5.41, 5.74) is 0. The minimum absolute atomic E-state index is 0.680. The fraction of sp³-hybridized carbons (Fsp3) is 0.636. The monoisotopic (exact) mass is 211 g/mol. The zero-order valence-electron chi connectivity index (χ0n) is 8.58. The van der Waals surface area contributed by atoms with Gasteiger partial charge in [0.1, 0.15) is 11.5 Å². The number of aryl methyl sites for hydroxylation is 1. The number of furan rings is 1. The normalized spacial score (nSPS) is 22.5. The predicted octanol–water partition coefficient (Wildman–Crippen LogP) is 2.57. The number of hydrogen-bond acceptors (Lipinski definition) is 3. The van der Waals surface area contributed by atoms with Gasteiger partial charge in [-0.2, -0.15) is 11.8 Å². The number of rotatable bonds is 3. The molecule has 0 aromatic carbocycles. The third kappa shape index (κ3) is 2.79. The lowest BCUT2D eigenvalue weighted by atomic mass is 10.2. The Labute approximate surface area is 89.4 Å². The van der Waals surface area contributed by atoms with Crippen LogP contribution in [0.3, 0.4) is 0 Å². The van der Waals surface area contributed by atoms with Gasteiger partial charge >= 0.3 is 0 Å². The molecule has 3 heteroatoms. The first kappa shape index (κ1) is 10.1. The van der Waals surface area contributed by atoms with Crippen molar-refractivity contribution in [3.63, 3.8) is 0 Å². The lowest BCUT2D eigenvalue weighted by Crippen LogP contribution is -2.33. The second kappa shape index (κ2) is 4.89. The van der Waals surface area contributed by atoms with Gasteiger partial charge < -0.3 is 9.73 Å². The van der Waals surface area contributed by atoms with Crippen LogP contribution >= 0.6 is 11.8 Å². The Balaban J connectivity index is 1.76. The van der Waals surface area contributed by atoms with Crippen molar-refractivity contribution < 1.29 is 4.42 Å². The van der Waals surface area contributed by atoms with Crippen LogP contribution in [0, 0.1) is 6.92 Å². The summed E-state index contributed by atoms with van der Waals surface area (Å²) >= 11 is 2.05. The van der Waals surface area contributed by atoms with E-state index in [1.54, 1.807) is 0 Å². The standard InChI is InChI=1S/C11H17NOS/c1-9-4-5-11(13-9)7-12-10-3-2-6-14-8-10/h4-5,10,12H,2-3,6-8H2,1H3. The van der Waals surface area contributed by atoms with E-state index in [2.05, 4.69) is 23.1 Å². The molecule has 14 heavy (non-hydrogen) atoms. The quantitative estimate of drug-likeness (QED) is 0.832. The molecule has 1 aliphatic heterocycles. The molecule has 0 radical (unpaired) electrons. The second-order valence-electron chi connectivity index (χ2n) is 3.81. The van der Waals surface area contributed by atoms with E-state index in [1.165, 1.54) is 24.3 Å². The van der Waals surface area contributed by atoms with E-state index in [9.17, 15) is 0 Å². The van der Waals surface area contributed by atoms with Crippen LogP contribution < -0.4 is 5.32 Å². The highest BCUT2D eigenvalue weighted by atomic mass is 32.2. The van der Waals surface area contributed by atoms with Crippen molar-refractivity contribution in [3.05, 3.63) is 23.7 Å². The third-order valence-electron chi connectivity index (χ3n) is 2.52. The maximum absolute atomic E-state index is 5.51. The van der Waals surface area contributed by atoms with Gasteiger partial charge in [0.25, 0.3) is 0 Å². The van der Waals surface area contributed by atoms with Crippen molar-refractivity contribution in [1.82, 2.24) is 5.32 Å². The Morgan fingerprint density at radius 1 is 1.57 bits per heavy atom. The van der Waals surface area contributed by atoms with Crippen molar-refractivity contribution >= 4 is 11.8 Å². The van der Waals surface area contributed by atoms with Crippen LogP contribution in [0.4, 0.5) is 0 Å². The molecule has 1 aromatic rings. The van der Waals surface area contributed by atoms with E-state index < -0.39 is 0 Å². The molecule has 78 valence electrons. The first-order chi connectivity index (χ1) is 6.84. The second-order valence-corrected chi connectivity index (χ2v) is 4.96. The topological polar surface area (TPSA) is 25.2 Å². The summed E-state index contributed by atoms with van der Waals surface area (Å²) in [6.45, 7) is 2.86. The molecule has 1 aromatic heterocycles. The van der Waals surface area contributed by atoms with Crippen molar-refractivity contribution in [2.75, 3.05) is 11.5 Å². The van der Waals surface area contributed by atoms with E-state index in [0.717, 1.165) is 18.1 Å². The van der Waals surface area contributed by atoms with Crippen molar-refractivity contribution in [2.24, 2.45) is 0 Å². The van der Waals surface area contributed by atoms with E-state index >= 15 is 0 Å². The molecule has 1 unspecified atom stereocenters. The largest absolute Gasteiger partial charge is 0.465 e. The molecule has 1 aliphatic rings. The van der Waals surface area contributed by atoms with Crippen molar-refractivity contribution in [1.29, 1.82) is 0 Å². The molecule has 1 fully saturated rings. The number of thioether (sulfide) groups is 1. The highest BCUT2D eigenvalue weighted by Gasteiger charge is 2.13. The van der Waals surface area contributed by atoms with Crippen molar-refractivity contribution in [2.45, 2.75) is 32.4 Å². The first-order valence-electron chi connectivity index (χ1n) is 5.21. The van der Waals surface area contributed by atoms with Crippen LogP contribution in [0.25, 0.3) is 0 Å². The summed E-state index contributed by atoms with van der Waals surface area (Å²) in [5, 5.41) is 3.54. The van der Waals surface area contributed by atoms with Gasteiger partial charge in [-0.25, -0.2) is 0 Å². The lowest BCUT2D eigenvalue weighted by molar-refractivity contribution is 0.430. The molecule has 2 heterocycles. The predicted molar refractivity (Wildman–Crippen MR) is 60.6 cm³/mol. The Morgan fingerprint density at radius 2 is 2.50 bits per heavy atom. The fourth-order valence-electron chi connectivity index (χ4n) is 1.73. The lowest BCUT2D eigenvalue weighted by Gasteiger charge is -2.21. The summed E-state index contributed by atoms with van der Waals surface area (Å²) in [5.74, 6) is 4.63. The zero-order valence-corrected chi connectivity index (χ0v) is 9.40. The van der Waals surface area contributed by atoms with Gasteiger partial charge in [0, 0.05) is 11.8 Å². The Kier molecular flexibility index (Phi) is 3.54. The van der Waals surface area contributed by atoms with Gasteiger partial charge in [-0.1, -0.05) is 0 Å². The van der Waals surface area contributed by atoms with E-state index in [4.69, 9.17) is 4.42 Å². The van der Waals surface area contributed by atoms with Gasteiger partial charge in [-0.15, -0.1) is 0 Å². The summed E-state index contributed by atoms with van der Waals surface area (Å²) in [6.07, 6.45) is 2.66. The summed E-state index contributed by atoms with van der Waals surface area (Å²) in [4.78, 5) is 0. The Morgan fingerprint density at radius 3 is 3.14 bits per heavy atom. The van der Waals surface area contributed by atoms with Crippen LogP contribution in [0.5, 0.6) is 0 Å². The molecule has 1 N–H and O–H groups in total. The van der Waals surface area contributed by atoms with Crippen LogP contribution in [0.15, 0.2) is 16.5 Å². The van der Waals surface area contributed by atoms with Crippen molar-refractivity contribution in [3.8, 4) is 0 Å². The molecular weight excluding hydrogens is 194 g/mol. The molecular formula is C11H17NOS. The van der Waals surface area contributed by atoms with Crippen LogP contribution in [-0.4, -0.2) is 17.5 Å². The SMILES string of the molecule is Cc1ccc(CNC2CCCSC2)o1. The Bertz CT molecular complexity index is 279. The van der Waals surface area contributed by atoms with Gasteiger partial charge in [0.15, 0.2) is 0 Å². The van der Waals surface area contributed by atoms with Crippen LogP contribution in [0.1, 0.15) is 24.4 Å². The number of nitrogens with one attached hydrogen (secondary N) is 1. The average Bonchev–Trinajstić information content (AvgIpc) is 2.63. The van der Waals surface area contributed by atoms with Gasteiger partial charge in [0.05, 0.1) is 6.54 Å². The van der Waals surface area contributed by atoms with Crippen LogP contribution in [-0.2, 0) is 6.54 Å². The minimum atomic E-state index is 0.680. The smallest absolute Gasteiger partial charge is 0.117 e. The average molecular weight is 211 g/mol. The molecule has 2 nitrogen and oxygen atoms in total. The molecule has 0 amide bonds. The Hall–Kier alpha value is -0.410. The zero-order chi connectivity index (χ0) is 9.80. The highest BCUT2D eigenvalue weighted by molar-refractivity contribution is 7.99. The summed E-state index contributed by atoms with van der Waals surface area (Å²) < 4.78 is 5.51. The summed E-state index contributed by atoms with van der Waals surface area (Å²) in [6, 6.07) is 4.75. The first-order valence-corrected chi connectivity index (χ1v) is 6.36. The molecule has 1 saturated heterocycles. The molecule has 0 spiro atoms. The molecule has 2 rings (SSSR count). The molecule has 0 bridgehead atoms. The minimum Gasteiger partial charge on any atom is -0.465 e. The van der Waals surface area contributed by atoms with E-state index in [1.807, 2.05) is 13.0 Å². The maximum Gasteiger partial charge on any atom is 0.117 e. The molecule has 0 aliphatic carbocycles. The van der Waals surface area contributed by atoms with Crippen LogP contribution in [0.2, 0.25) is 0 Å². The molecule has 0 saturated carbocycles. The number of hydrogen-bond donors (Lipinski definition) is 1. The van der Waals surface area contributed by atoms with Gasteiger partial charge in [-0.3, -0.25) is 0 Å². The fourth-order valence-corrected chi connectivity index (χ4v) is 2.83. The van der Waals surface area contributed by atoms with E-state index in [0.29, 0.717) is 6.04 Å². The maximum atomic E-state index is 5.51. The molecule has 1 atom stereocenters. The van der Waals surface area contributed by atoms with E-state index in [-0.39, 0.29) is 0 Å². The summed E-state index contributed by atoms with van der Waals surface area (Å²) in [7, 11) is 0. The third-order valence-corrected chi connectivity index (χ3v) is 3.74.